The van der Waals surface area contributed by atoms with Crippen LogP contribution < -0.4 is 5.56 Å². The van der Waals surface area contributed by atoms with Crippen LogP contribution in [-0.4, -0.2) is 33.9 Å². The topological polar surface area (TPSA) is 79.2 Å². The molecule has 1 atom stereocenters. The number of nitrogens with one attached hydrogen (secondary N) is 1. The molecule has 0 aliphatic carbocycles. The van der Waals surface area contributed by atoms with Gasteiger partial charge in [-0.3, -0.25) is 9.59 Å². The molecule has 2 aromatic heterocycles. The van der Waals surface area contributed by atoms with Crippen molar-refractivity contribution in [3.05, 3.63) is 52.1 Å². The summed E-state index contributed by atoms with van der Waals surface area (Å²) in [4.78, 5) is 32.8. The Morgan fingerprint density at radius 3 is 3.10 bits per heavy atom. The first-order valence-electron chi connectivity index (χ1n) is 7.03. The minimum absolute atomic E-state index is 0.0324. The number of amides is 1. The van der Waals surface area contributed by atoms with Crippen molar-refractivity contribution >= 4 is 5.91 Å². The highest BCUT2D eigenvalue weighted by Gasteiger charge is 2.27. The summed E-state index contributed by atoms with van der Waals surface area (Å²) in [6.07, 6.45) is 4.80. The molecule has 3 heterocycles. The van der Waals surface area contributed by atoms with E-state index in [0.717, 1.165) is 25.1 Å². The van der Waals surface area contributed by atoms with E-state index in [1.165, 1.54) is 18.6 Å². The van der Waals surface area contributed by atoms with Crippen molar-refractivity contribution < 1.29 is 9.21 Å². The number of piperidine rings is 1. The average Bonchev–Trinajstić information content (AvgIpc) is 3.00. The van der Waals surface area contributed by atoms with E-state index in [1.807, 2.05) is 0 Å². The Hall–Kier alpha value is -2.37. The van der Waals surface area contributed by atoms with Crippen molar-refractivity contribution in [2.75, 3.05) is 13.1 Å². The molecule has 0 bridgehead atoms. The van der Waals surface area contributed by atoms with Gasteiger partial charge in [0.1, 0.15) is 12.1 Å². The second-order valence-electron chi connectivity index (χ2n) is 5.36. The normalized spacial score (nSPS) is 18.7. The van der Waals surface area contributed by atoms with Crippen LogP contribution >= 0.6 is 0 Å². The predicted octanol–water partition coefficient (Wildman–Crippen LogP) is 1.69. The molecule has 2 aromatic rings. The standard InChI is InChI=1S/C15H17N3O3/c1-10-16-13(7-14(19)17-10)11-3-2-5-18(8-11)15(20)12-4-6-21-9-12/h4,6-7,9,11H,2-3,5,8H2,1H3,(H,16,17,19)/t11-/m1/s1. The molecule has 1 N–H and O–H groups in total. The zero-order valence-corrected chi connectivity index (χ0v) is 11.8. The van der Waals surface area contributed by atoms with Crippen LogP contribution in [0.25, 0.3) is 0 Å². The third-order valence-electron chi connectivity index (χ3n) is 3.77. The maximum Gasteiger partial charge on any atom is 0.257 e. The molecular weight excluding hydrogens is 270 g/mol. The molecule has 110 valence electrons. The van der Waals surface area contributed by atoms with Gasteiger partial charge < -0.3 is 14.3 Å². The third kappa shape index (κ3) is 2.89. The molecule has 0 radical (unpaired) electrons. The zero-order chi connectivity index (χ0) is 14.8. The van der Waals surface area contributed by atoms with Gasteiger partial charge in [0.25, 0.3) is 11.5 Å². The Bertz CT molecular complexity index is 690. The van der Waals surface area contributed by atoms with E-state index >= 15 is 0 Å². The van der Waals surface area contributed by atoms with Crippen molar-refractivity contribution in [2.45, 2.75) is 25.7 Å². The van der Waals surface area contributed by atoms with E-state index in [9.17, 15) is 9.59 Å². The van der Waals surface area contributed by atoms with E-state index in [-0.39, 0.29) is 17.4 Å². The summed E-state index contributed by atoms with van der Waals surface area (Å²) in [5, 5.41) is 0. The van der Waals surface area contributed by atoms with Gasteiger partial charge in [0.15, 0.2) is 0 Å². The number of hydrogen-bond acceptors (Lipinski definition) is 4. The Labute approximate surface area is 121 Å². The molecule has 0 unspecified atom stereocenters. The van der Waals surface area contributed by atoms with Crippen LogP contribution in [0.2, 0.25) is 0 Å². The average molecular weight is 287 g/mol. The minimum atomic E-state index is -0.143. The summed E-state index contributed by atoms with van der Waals surface area (Å²) in [6, 6.07) is 3.20. The molecule has 1 amide bonds. The predicted molar refractivity (Wildman–Crippen MR) is 76.2 cm³/mol. The SMILES string of the molecule is Cc1nc([C@@H]2CCCN(C(=O)c3ccoc3)C2)cc(=O)[nH]1. The molecule has 0 aromatic carbocycles. The number of furan rings is 1. The lowest BCUT2D eigenvalue weighted by atomic mass is 9.94. The molecule has 0 spiro atoms. The van der Waals surface area contributed by atoms with Crippen molar-refractivity contribution in [3.63, 3.8) is 0 Å². The fourth-order valence-corrected chi connectivity index (χ4v) is 2.78. The van der Waals surface area contributed by atoms with Gasteiger partial charge in [-0.2, -0.15) is 0 Å². The summed E-state index contributed by atoms with van der Waals surface area (Å²) in [7, 11) is 0. The summed E-state index contributed by atoms with van der Waals surface area (Å²) in [5.41, 5.74) is 1.18. The molecule has 6 heteroatoms. The Balaban J connectivity index is 1.79. The van der Waals surface area contributed by atoms with Gasteiger partial charge in [0.2, 0.25) is 0 Å². The molecule has 21 heavy (non-hydrogen) atoms. The number of hydrogen-bond donors (Lipinski definition) is 1. The molecule has 1 aliphatic rings. The number of aromatic nitrogens is 2. The first-order chi connectivity index (χ1) is 10.1. The van der Waals surface area contributed by atoms with Gasteiger partial charge in [-0.15, -0.1) is 0 Å². The largest absolute Gasteiger partial charge is 0.472 e. The molecule has 1 saturated heterocycles. The molecule has 3 rings (SSSR count). The van der Waals surface area contributed by atoms with Gasteiger partial charge in [-0.25, -0.2) is 4.98 Å². The molecular formula is C15H17N3O3. The number of aryl methyl sites for hydroxylation is 1. The summed E-state index contributed by atoms with van der Waals surface area (Å²) in [6.45, 7) is 3.07. The second-order valence-corrected chi connectivity index (χ2v) is 5.36. The second kappa shape index (κ2) is 5.55. The highest BCUT2D eigenvalue weighted by atomic mass is 16.3. The number of aromatic amines is 1. The Kier molecular flexibility index (Phi) is 3.60. The lowest BCUT2D eigenvalue weighted by Gasteiger charge is -2.32. The van der Waals surface area contributed by atoms with Crippen LogP contribution in [0.3, 0.4) is 0 Å². The maximum absolute atomic E-state index is 12.3. The van der Waals surface area contributed by atoms with E-state index in [2.05, 4.69) is 9.97 Å². The Morgan fingerprint density at radius 1 is 1.52 bits per heavy atom. The minimum Gasteiger partial charge on any atom is -0.472 e. The van der Waals surface area contributed by atoms with E-state index in [0.29, 0.717) is 17.9 Å². The van der Waals surface area contributed by atoms with Crippen LogP contribution in [-0.2, 0) is 0 Å². The lowest BCUT2D eigenvalue weighted by Crippen LogP contribution is -2.39. The fraction of sp³-hybridized carbons (Fsp3) is 0.400. The van der Waals surface area contributed by atoms with Gasteiger partial charge in [-0.1, -0.05) is 0 Å². The smallest absolute Gasteiger partial charge is 0.257 e. The number of carbonyl (C=O) groups excluding carboxylic acids is 1. The van der Waals surface area contributed by atoms with Gasteiger partial charge in [0, 0.05) is 25.1 Å². The number of carbonyl (C=O) groups is 1. The number of likely N-dealkylation sites (tertiary alicyclic amines) is 1. The van der Waals surface area contributed by atoms with E-state index in [1.54, 1.807) is 17.9 Å². The fourth-order valence-electron chi connectivity index (χ4n) is 2.78. The van der Waals surface area contributed by atoms with E-state index in [4.69, 9.17) is 4.42 Å². The molecule has 0 saturated carbocycles. The van der Waals surface area contributed by atoms with E-state index < -0.39 is 0 Å². The third-order valence-corrected chi connectivity index (χ3v) is 3.77. The van der Waals surface area contributed by atoms with Gasteiger partial charge in [-0.05, 0) is 25.8 Å². The van der Waals surface area contributed by atoms with Crippen molar-refractivity contribution in [1.82, 2.24) is 14.9 Å². The monoisotopic (exact) mass is 287 g/mol. The van der Waals surface area contributed by atoms with Gasteiger partial charge >= 0.3 is 0 Å². The van der Waals surface area contributed by atoms with Crippen molar-refractivity contribution in [1.29, 1.82) is 0 Å². The van der Waals surface area contributed by atoms with Crippen molar-refractivity contribution in [3.8, 4) is 0 Å². The van der Waals surface area contributed by atoms with Crippen LogP contribution in [0.4, 0.5) is 0 Å². The van der Waals surface area contributed by atoms with Crippen LogP contribution in [0.1, 0.15) is 40.6 Å². The zero-order valence-electron chi connectivity index (χ0n) is 11.8. The number of nitrogens with zero attached hydrogens (tertiary/aromatic N) is 2. The van der Waals surface area contributed by atoms with Crippen LogP contribution in [0.5, 0.6) is 0 Å². The summed E-state index contributed by atoms with van der Waals surface area (Å²) < 4.78 is 4.96. The Morgan fingerprint density at radius 2 is 2.38 bits per heavy atom. The first kappa shape index (κ1) is 13.6. The van der Waals surface area contributed by atoms with Crippen LogP contribution in [0, 0.1) is 6.92 Å². The summed E-state index contributed by atoms with van der Waals surface area (Å²) >= 11 is 0. The molecule has 1 aliphatic heterocycles. The highest BCUT2D eigenvalue weighted by Crippen LogP contribution is 2.26. The highest BCUT2D eigenvalue weighted by molar-refractivity contribution is 5.93. The quantitative estimate of drug-likeness (QED) is 0.911. The lowest BCUT2D eigenvalue weighted by molar-refractivity contribution is 0.0705. The molecule has 1 fully saturated rings. The van der Waals surface area contributed by atoms with Crippen molar-refractivity contribution in [2.24, 2.45) is 0 Å². The number of H-pyrrole nitrogens is 1. The summed E-state index contributed by atoms with van der Waals surface area (Å²) in [5.74, 6) is 0.682. The first-order valence-corrected chi connectivity index (χ1v) is 7.03. The number of rotatable bonds is 2. The molecule has 6 nitrogen and oxygen atoms in total. The van der Waals surface area contributed by atoms with Crippen LogP contribution in [0.15, 0.2) is 33.9 Å². The maximum atomic E-state index is 12.3. The van der Waals surface area contributed by atoms with Gasteiger partial charge in [0.05, 0.1) is 17.5 Å².